The largest absolute Gasteiger partial charge is 0.329 e. The van der Waals surface area contributed by atoms with Crippen LogP contribution in [0.25, 0.3) is 0 Å². The number of hydrogen-bond donors (Lipinski definition) is 2. The molecule has 20 heavy (non-hydrogen) atoms. The zero-order valence-electron chi connectivity index (χ0n) is 12.1. The SMILES string of the molecule is Cc1cccc(S(=O)(=O)NC2(CN)CCCCCC2)c1. The Hall–Kier alpha value is -0.910. The third-order valence-corrected chi connectivity index (χ3v) is 5.68. The lowest BCUT2D eigenvalue weighted by Gasteiger charge is -2.32. The summed E-state index contributed by atoms with van der Waals surface area (Å²) in [6.45, 7) is 2.25. The van der Waals surface area contributed by atoms with Crippen LogP contribution in [0.15, 0.2) is 29.2 Å². The van der Waals surface area contributed by atoms with Crippen LogP contribution in [0.3, 0.4) is 0 Å². The van der Waals surface area contributed by atoms with Gasteiger partial charge in [-0.1, -0.05) is 37.8 Å². The summed E-state index contributed by atoms with van der Waals surface area (Å²) < 4.78 is 28.0. The highest BCUT2D eigenvalue weighted by atomic mass is 32.2. The second-order valence-electron chi connectivity index (χ2n) is 5.82. The van der Waals surface area contributed by atoms with Crippen LogP contribution in [0.1, 0.15) is 44.1 Å². The Labute approximate surface area is 121 Å². The molecule has 0 unspecified atom stereocenters. The van der Waals surface area contributed by atoms with Gasteiger partial charge >= 0.3 is 0 Å². The topological polar surface area (TPSA) is 72.2 Å². The lowest BCUT2D eigenvalue weighted by molar-refractivity contribution is 0.342. The number of nitrogens with one attached hydrogen (secondary N) is 1. The van der Waals surface area contributed by atoms with Crippen LogP contribution in [-0.2, 0) is 10.0 Å². The van der Waals surface area contributed by atoms with E-state index in [0.717, 1.165) is 44.1 Å². The third-order valence-electron chi connectivity index (χ3n) is 4.10. The molecule has 1 aromatic carbocycles. The zero-order chi connectivity index (χ0) is 14.6. The number of hydrogen-bond acceptors (Lipinski definition) is 3. The van der Waals surface area contributed by atoms with Crippen molar-refractivity contribution in [2.45, 2.75) is 55.9 Å². The van der Waals surface area contributed by atoms with E-state index in [9.17, 15) is 8.42 Å². The molecule has 0 amide bonds. The van der Waals surface area contributed by atoms with E-state index in [2.05, 4.69) is 4.72 Å². The molecule has 2 rings (SSSR count). The van der Waals surface area contributed by atoms with Gasteiger partial charge in [-0.05, 0) is 37.5 Å². The van der Waals surface area contributed by atoms with Crippen molar-refractivity contribution in [2.24, 2.45) is 5.73 Å². The second kappa shape index (κ2) is 6.24. The average Bonchev–Trinajstić information content (AvgIpc) is 2.64. The summed E-state index contributed by atoms with van der Waals surface area (Å²) in [5.41, 5.74) is 6.36. The van der Waals surface area contributed by atoms with Crippen molar-refractivity contribution in [3.63, 3.8) is 0 Å². The van der Waals surface area contributed by atoms with Crippen molar-refractivity contribution < 1.29 is 8.42 Å². The smallest absolute Gasteiger partial charge is 0.241 e. The van der Waals surface area contributed by atoms with Crippen LogP contribution < -0.4 is 10.5 Å². The molecule has 1 aromatic rings. The van der Waals surface area contributed by atoms with Crippen molar-refractivity contribution in [2.75, 3.05) is 6.54 Å². The van der Waals surface area contributed by atoms with Crippen molar-refractivity contribution in [1.82, 2.24) is 4.72 Å². The molecule has 1 fully saturated rings. The summed E-state index contributed by atoms with van der Waals surface area (Å²) in [6.07, 6.45) is 6.05. The molecule has 0 radical (unpaired) electrons. The van der Waals surface area contributed by atoms with Gasteiger partial charge in [0, 0.05) is 12.1 Å². The summed E-state index contributed by atoms with van der Waals surface area (Å²) in [4.78, 5) is 0.328. The van der Waals surface area contributed by atoms with Gasteiger partial charge in [-0.25, -0.2) is 13.1 Å². The molecule has 5 heteroatoms. The maximum atomic E-state index is 12.6. The molecule has 112 valence electrons. The fourth-order valence-electron chi connectivity index (χ4n) is 2.88. The Morgan fingerprint density at radius 2 is 1.85 bits per heavy atom. The molecule has 0 bridgehead atoms. The lowest BCUT2D eigenvalue weighted by atomic mass is 9.92. The average molecular weight is 296 g/mol. The van der Waals surface area contributed by atoms with Crippen LogP contribution in [0.2, 0.25) is 0 Å². The van der Waals surface area contributed by atoms with Gasteiger partial charge in [-0.2, -0.15) is 0 Å². The van der Waals surface area contributed by atoms with Gasteiger partial charge in [0.2, 0.25) is 10.0 Å². The minimum absolute atomic E-state index is 0.328. The molecule has 1 saturated carbocycles. The predicted octanol–water partition coefficient (Wildman–Crippen LogP) is 2.33. The first-order chi connectivity index (χ1) is 9.47. The van der Waals surface area contributed by atoms with Gasteiger partial charge in [0.25, 0.3) is 0 Å². The molecule has 3 N–H and O–H groups in total. The van der Waals surface area contributed by atoms with Crippen LogP contribution in [0.4, 0.5) is 0 Å². The lowest BCUT2D eigenvalue weighted by Crippen LogP contribution is -2.53. The van der Waals surface area contributed by atoms with Gasteiger partial charge in [0.15, 0.2) is 0 Å². The first-order valence-electron chi connectivity index (χ1n) is 7.28. The number of sulfonamides is 1. The van der Waals surface area contributed by atoms with Crippen LogP contribution in [0, 0.1) is 6.92 Å². The highest BCUT2D eigenvalue weighted by Gasteiger charge is 2.34. The second-order valence-corrected chi connectivity index (χ2v) is 7.50. The standard InChI is InChI=1S/C15H24N2O2S/c1-13-7-6-8-14(11-13)20(18,19)17-15(12-16)9-4-2-3-5-10-15/h6-8,11,17H,2-5,9-10,12,16H2,1H3. The molecule has 0 aromatic heterocycles. The van der Waals surface area contributed by atoms with Crippen LogP contribution in [0.5, 0.6) is 0 Å². The van der Waals surface area contributed by atoms with E-state index in [0.29, 0.717) is 11.4 Å². The van der Waals surface area contributed by atoms with Crippen LogP contribution >= 0.6 is 0 Å². The normalized spacial score (nSPS) is 19.5. The van der Waals surface area contributed by atoms with E-state index in [1.807, 2.05) is 13.0 Å². The molecule has 1 aliphatic carbocycles. The Morgan fingerprint density at radius 3 is 2.40 bits per heavy atom. The number of aryl methyl sites for hydroxylation is 1. The van der Waals surface area contributed by atoms with Gasteiger partial charge in [-0.15, -0.1) is 0 Å². The van der Waals surface area contributed by atoms with E-state index in [1.54, 1.807) is 18.2 Å². The predicted molar refractivity (Wildman–Crippen MR) is 81.0 cm³/mol. The number of nitrogens with two attached hydrogens (primary N) is 1. The molecule has 0 spiro atoms. The van der Waals surface area contributed by atoms with E-state index in [1.165, 1.54) is 0 Å². The Balaban J connectivity index is 2.25. The maximum absolute atomic E-state index is 12.6. The zero-order valence-corrected chi connectivity index (χ0v) is 12.9. The molecule has 4 nitrogen and oxygen atoms in total. The van der Waals surface area contributed by atoms with Crippen molar-refractivity contribution in [1.29, 1.82) is 0 Å². The highest BCUT2D eigenvalue weighted by Crippen LogP contribution is 2.28. The van der Waals surface area contributed by atoms with Crippen molar-refractivity contribution >= 4 is 10.0 Å². The molecule has 0 heterocycles. The summed E-state index contributed by atoms with van der Waals surface area (Å²) >= 11 is 0. The summed E-state index contributed by atoms with van der Waals surface area (Å²) in [7, 11) is -3.50. The molecule has 1 aliphatic rings. The quantitative estimate of drug-likeness (QED) is 0.838. The molecular formula is C15H24N2O2S. The maximum Gasteiger partial charge on any atom is 0.241 e. The molecule has 0 aliphatic heterocycles. The Bertz CT molecular complexity index is 547. The molecule has 0 atom stereocenters. The van der Waals surface area contributed by atoms with E-state index in [-0.39, 0.29) is 0 Å². The summed E-state index contributed by atoms with van der Waals surface area (Å²) in [5, 5.41) is 0. The Morgan fingerprint density at radius 1 is 1.20 bits per heavy atom. The van der Waals surface area contributed by atoms with E-state index in [4.69, 9.17) is 5.73 Å². The summed E-state index contributed by atoms with van der Waals surface area (Å²) in [5.74, 6) is 0. The Kier molecular flexibility index (Phi) is 4.83. The molecule has 0 saturated heterocycles. The minimum Gasteiger partial charge on any atom is -0.329 e. The first kappa shape index (κ1) is 15.5. The van der Waals surface area contributed by atoms with Crippen molar-refractivity contribution in [3.05, 3.63) is 29.8 Å². The van der Waals surface area contributed by atoms with E-state index < -0.39 is 15.6 Å². The summed E-state index contributed by atoms with van der Waals surface area (Å²) in [6, 6.07) is 7.00. The van der Waals surface area contributed by atoms with Gasteiger partial charge in [0.05, 0.1) is 4.90 Å². The van der Waals surface area contributed by atoms with Gasteiger partial charge in [0.1, 0.15) is 0 Å². The molecular weight excluding hydrogens is 272 g/mol. The van der Waals surface area contributed by atoms with E-state index >= 15 is 0 Å². The third kappa shape index (κ3) is 3.59. The fraction of sp³-hybridized carbons (Fsp3) is 0.600. The van der Waals surface area contributed by atoms with Gasteiger partial charge < -0.3 is 5.73 Å². The number of benzene rings is 1. The van der Waals surface area contributed by atoms with Gasteiger partial charge in [-0.3, -0.25) is 0 Å². The number of rotatable bonds is 4. The van der Waals surface area contributed by atoms with Crippen LogP contribution in [-0.4, -0.2) is 20.5 Å². The first-order valence-corrected chi connectivity index (χ1v) is 8.77. The van der Waals surface area contributed by atoms with Crippen molar-refractivity contribution in [3.8, 4) is 0 Å². The highest BCUT2D eigenvalue weighted by molar-refractivity contribution is 7.89. The fourth-order valence-corrected chi connectivity index (χ4v) is 4.45. The monoisotopic (exact) mass is 296 g/mol. The minimum atomic E-state index is -3.50.